The zero-order chi connectivity index (χ0) is 16.8. The first-order valence-electron chi connectivity index (χ1n) is 8.82. The molecule has 2 aromatic carbocycles. The van der Waals surface area contributed by atoms with Gasteiger partial charge in [0.2, 0.25) is 5.91 Å². The molecule has 3 heteroatoms. The molecule has 1 amide bonds. The SMILES string of the molecule is CC(Cc1ccccc1)N1CCN(C(=O)Cc2ccccc2)CC1. The standard InChI is InChI=1S/C21H26N2O/c1-18(16-19-8-4-2-5-9-19)22-12-14-23(15-13-22)21(24)17-20-10-6-3-7-11-20/h2-11,18H,12-17H2,1H3. The van der Waals surface area contributed by atoms with E-state index in [0.717, 1.165) is 38.2 Å². The second-order valence-corrected chi connectivity index (χ2v) is 6.62. The Kier molecular flexibility index (Phi) is 5.65. The number of piperazine rings is 1. The van der Waals surface area contributed by atoms with Gasteiger partial charge in [-0.3, -0.25) is 9.69 Å². The van der Waals surface area contributed by atoms with Crippen molar-refractivity contribution in [2.24, 2.45) is 0 Å². The monoisotopic (exact) mass is 322 g/mol. The lowest BCUT2D eigenvalue weighted by Gasteiger charge is -2.38. The molecule has 1 heterocycles. The fraction of sp³-hybridized carbons (Fsp3) is 0.381. The van der Waals surface area contributed by atoms with Crippen LogP contribution >= 0.6 is 0 Å². The lowest BCUT2D eigenvalue weighted by atomic mass is 10.1. The summed E-state index contributed by atoms with van der Waals surface area (Å²) in [5, 5.41) is 0. The number of benzene rings is 2. The molecule has 1 unspecified atom stereocenters. The van der Waals surface area contributed by atoms with Crippen molar-refractivity contribution in [1.29, 1.82) is 0 Å². The zero-order valence-electron chi connectivity index (χ0n) is 14.4. The molecule has 1 aliphatic rings. The summed E-state index contributed by atoms with van der Waals surface area (Å²) >= 11 is 0. The van der Waals surface area contributed by atoms with Crippen LogP contribution in [0.15, 0.2) is 60.7 Å². The highest BCUT2D eigenvalue weighted by Crippen LogP contribution is 2.13. The normalized spacial score (nSPS) is 16.8. The molecule has 0 N–H and O–H groups in total. The van der Waals surface area contributed by atoms with E-state index in [1.54, 1.807) is 0 Å². The molecule has 1 saturated heterocycles. The number of hydrogen-bond donors (Lipinski definition) is 0. The lowest BCUT2D eigenvalue weighted by Crippen LogP contribution is -2.52. The summed E-state index contributed by atoms with van der Waals surface area (Å²) in [5.74, 6) is 0.247. The van der Waals surface area contributed by atoms with Crippen molar-refractivity contribution in [3.8, 4) is 0 Å². The summed E-state index contributed by atoms with van der Waals surface area (Å²) in [4.78, 5) is 17.0. The summed E-state index contributed by atoms with van der Waals surface area (Å²) < 4.78 is 0. The summed E-state index contributed by atoms with van der Waals surface area (Å²) in [6.45, 7) is 5.90. The molecule has 0 aromatic heterocycles. The molecule has 0 aliphatic carbocycles. The predicted octanol–water partition coefficient (Wildman–Crippen LogP) is 3.00. The van der Waals surface area contributed by atoms with Crippen LogP contribution in [0.3, 0.4) is 0 Å². The van der Waals surface area contributed by atoms with Gasteiger partial charge in [-0.2, -0.15) is 0 Å². The topological polar surface area (TPSA) is 23.6 Å². The maximum atomic E-state index is 12.4. The number of carbonyl (C=O) groups is 1. The molecule has 0 saturated carbocycles. The van der Waals surface area contributed by atoms with Crippen LogP contribution in [-0.4, -0.2) is 47.9 Å². The first-order chi connectivity index (χ1) is 11.7. The third-order valence-corrected chi connectivity index (χ3v) is 4.86. The van der Waals surface area contributed by atoms with Gasteiger partial charge in [-0.25, -0.2) is 0 Å². The fourth-order valence-electron chi connectivity index (χ4n) is 3.38. The molecule has 0 bridgehead atoms. The minimum Gasteiger partial charge on any atom is -0.340 e. The Morgan fingerprint density at radius 2 is 1.42 bits per heavy atom. The van der Waals surface area contributed by atoms with Crippen LogP contribution in [0, 0.1) is 0 Å². The van der Waals surface area contributed by atoms with Crippen LogP contribution in [0.1, 0.15) is 18.1 Å². The van der Waals surface area contributed by atoms with E-state index in [1.807, 2.05) is 35.2 Å². The van der Waals surface area contributed by atoms with Crippen LogP contribution in [0.2, 0.25) is 0 Å². The van der Waals surface area contributed by atoms with E-state index in [-0.39, 0.29) is 5.91 Å². The highest BCUT2D eigenvalue weighted by Gasteiger charge is 2.24. The lowest BCUT2D eigenvalue weighted by molar-refractivity contribution is -0.132. The third-order valence-electron chi connectivity index (χ3n) is 4.86. The second-order valence-electron chi connectivity index (χ2n) is 6.62. The summed E-state index contributed by atoms with van der Waals surface area (Å²) in [7, 11) is 0. The number of nitrogens with zero attached hydrogens (tertiary/aromatic N) is 2. The van der Waals surface area contributed by atoms with Crippen molar-refractivity contribution in [2.75, 3.05) is 26.2 Å². The van der Waals surface area contributed by atoms with Crippen molar-refractivity contribution >= 4 is 5.91 Å². The Hall–Kier alpha value is -2.13. The van der Waals surface area contributed by atoms with Crippen LogP contribution in [0.25, 0.3) is 0 Å². The Morgan fingerprint density at radius 3 is 2.00 bits per heavy atom. The van der Waals surface area contributed by atoms with Gasteiger partial charge in [0.05, 0.1) is 6.42 Å². The highest BCUT2D eigenvalue weighted by molar-refractivity contribution is 5.78. The molecule has 1 aliphatic heterocycles. The van der Waals surface area contributed by atoms with E-state index in [1.165, 1.54) is 5.56 Å². The Bertz CT molecular complexity index is 633. The molecule has 1 atom stereocenters. The molecule has 1 fully saturated rings. The Morgan fingerprint density at radius 1 is 0.875 bits per heavy atom. The molecular weight excluding hydrogens is 296 g/mol. The minimum absolute atomic E-state index is 0.247. The first kappa shape index (κ1) is 16.7. The molecule has 2 aromatic rings. The van der Waals surface area contributed by atoms with Gasteiger partial charge in [0.1, 0.15) is 0 Å². The van der Waals surface area contributed by atoms with E-state index < -0.39 is 0 Å². The van der Waals surface area contributed by atoms with Crippen molar-refractivity contribution in [1.82, 2.24) is 9.80 Å². The van der Waals surface area contributed by atoms with Crippen molar-refractivity contribution in [2.45, 2.75) is 25.8 Å². The molecule has 3 nitrogen and oxygen atoms in total. The number of carbonyl (C=O) groups excluding carboxylic acids is 1. The molecule has 126 valence electrons. The summed E-state index contributed by atoms with van der Waals surface area (Å²) in [6, 6.07) is 21.2. The predicted molar refractivity (Wildman–Crippen MR) is 97.9 cm³/mol. The van der Waals surface area contributed by atoms with E-state index in [2.05, 4.69) is 42.2 Å². The van der Waals surface area contributed by atoms with Gasteiger partial charge < -0.3 is 4.90 Å². The quantitative estimate of drug-likeness (QED) is 0.845. The van der Waals surface area contributed by atoms with E-state index in [4.69, 9.17) is 0 Å². The molecule has 0 spiro atoms. The van der Waals surface area contributed by atoms with Gasteiger partial charge in [0.25, 0.3) is 0 Å². The van der Waals surface area contributed by atoms with Crippen LogP contribution in [-0.2, 0) is 17.6 Å². The smallest absolute Gasteiger partial charge is 0.227 e. The number of amides is 1. The van der Waals surface area contributed by atoms with Gasteiger partial charge in [-0.05, 0) is 24.5 Å². The Balaban J connectivity index is 1.47. The van der Waals surface area contributed by atoms with Crippen LogP contribution in [0.5, 0.6) is 0 Å². The van der Waals surface area contributed by atoms with E-state index >= 15 is 0 Å². The Labute approximate surface area is 144 Å². The van der Waals surface area contributed by atoms with Crippen molar-refractivity contribution in [3.05, 3.63) is 71.8 Å². The molecule has 0 radical (unpaired) electrons. The summed E-state index contributed by atoms with van der Waals surface area (Å²) in [5.41, 5.74) is 2.48. The van der Waals surface area contributed by atoms with Gasteiger partial charge >= 0.3 is 0 Å². The maximum absolute atomic E-state index is 12.4. The maximum Gasteiger partial charge on any atom is 0.227 e. The van der Waals surface area contributed by atoms with Crippen LogP contribution < -0.4 is 0 Å². The van der Waals surface area contributed by atoms with E-state index in [9.17, 15) is 4.79 Å². The van der Waals surface area contributed by atoms with Gasteiger partial charge in [-0.1, -0.05) is 60.7 Å². The largest absolute Gasteiger partial charge is 0.340 e. The average molecular weight is 322 g/mol. The highest BCUT2D eigenvalue weighted by atomic mass is 16.2. The minimum atomic E-state index is 0.247. The molecule has 24 heavy (non-hydrogen) atoms. The van der Waals surface area contributed by atoms with Crippen molar-refractivity contribution < 1.29 is 4.79 Å². The number of rotatable bonds is 5. The van der Waals surface area contributed by atoms with Crippen LogP contribution in [0.4, 0.5) is 0 Å². The van der Waals surface area contributed by atoms with E-state index in [0.29, 0.717) is 12.5 Å². The second kappa shape index (κ2) is 8.11. The zero-order valence-corrected chi connectivity index (χ0v) is 14.4. The molecule has 3 rings (SSSR count). The summed E-state index contributed by atoms with van der Waals surface area (Å²) in [6.07, 6.45) is 1.58. The first-order valence-corrected chi connectivity index (χ1v) is 8.82. The fourth-order valence-corrected chi connectivity index (χ4v) is 3.38. The number of hydrogen-bond acceptors (Lipinski definition) is 2. The van der Waals surface area contributed by atoms with Gasteiger partial charge in [-0.15, -0.1) is 0 Å². The van der Waals surface area contributed by atoms with Gasteiger partial charge in [0.15, 0.2) is 0 Å². The van der Waals surface area contributed by atoms with Gasteiger partial charge in [0, 0.05) is 32.2 Å². The third kappa shape index (κ3) is 4.45. The average Bonchev–Trinajstić information content (AvgIpc) is 2.63. The van der Waals surface area contributed by atoms with Crippen molar-refractivity contribution in [3.63, 3.8) is 0 Å². The molecular formula is C21H26N2O.